The first-order valence-corrected chi connectivity index (χ1v) is 12.1. The van der Waals surface area contributed by atoms with Gasteiger partial charge < -0.3 is 10.1 Å². The Labute approximate surface area is 181 Å². The molecule has 0 saturated heterocycles. The quantitative estimate of drug-likeness (QED) is 0.543. The maximum absolute atomic E-state index is 12.9. The fraction of sp³-hybridized carbons (Fsp3) is 0.316. The van der Waals surface area contributed by atoms with Crippen molar-refractivity contribution < 1.29 is 30.8 Å². The van der Waals surface area contributed by atoms with Gasteiger partial charge in [0.25, 0.3) is 0 Å². The highest BCUT2D eigenvalue weighted by atomic mass is 32.2. The van der Waals surface area contributed by atoms with E-state index in [-0.39, 0.29) is 40.8 Å². The van der Waals surface area contributed by atoms with Gasteiger partial charge in [-0.2, -0.15) is 0 Å². The van der Waals surface area contributed by atoms with Crippen molar-refractivity contribution in [3.8, 4) is 5.75 Å². The molecule has 2 aromatic carbocycles. The van der Waals surface area contributed by atoms with Crippen molar-refractivity contribution in [1.82, 2.24) is 9.03 Å². The fourth-order valence-corrected chi connectivity index (χ4v) is 4.56. The lowest BCUT2D eigenvalue weighted by atomic mass is 10.3. The molecule has 170 valence electrons. The minimum Gasteiger partial charge on any atom is -0.492 e. The Morgan fingerprint density at radius 2 is 1.71 bits per heavy atom. The van der Waals surface area contributed by atoms with Crippen LogP contribution >= 0.6 is 0 Å². The number of ether oxygens (including phenoxy) is 1. The van der Waals surface area contributed by atoms with Crippen LogP contribution in [0.5, 0.6) is 5.75 Å². The zero-order valence-electron chi connectivity index (χ0n) is 17.3. The minimum atomic E-state index is -3.89. The second-order valence-electron chi connectivity index (χ2n) is 6.53. The number of carbonyl (C=O) groups is 1. The summed E-state index contributed by atoms with van der Waals surface area (Å²) in [5, 5.41) is 2.53. The Kier molecular flexibility index (Phi) is 8.12. The van der Waals surface area contributed by atoms with Crippen molar-refractivity contribution >= 4 is 31.6 Å². The number of rotatable bonds is 10. The molecule has 0 aliphatic heterocycles. The van der Waals surface area contributed by atoms with E-state index in [2.05, 4.69) is 10.0 Å². The molecule has 2 aromatic rings. The zero-order chi connectivity index (χ0) is 23.2. The summed E-state index contributed by atoms with van der Waals surface area (Å²) in [6, 6.07) is 8.47. The van der Waals surface area contributed by atoms with E-state index in [1.807, 2.05) is 0 Å². The number of nitrogens with one attached hydrogen (secondary N) is 2. The second-order valence-corrected chi connectivity index (χ2v) is 10.4. The molecule has 0 heterocycles. The van der Waals surface area contributed by atoms with Gasteiger partial charge in [0, 0.05) is 32.7 Å². The molecule has 0 bridgehead atoms. The molecule has 0 atom stereocenters. The molecule has 2 rings (SSSR count). The van der Waals surface area contributed by atoms with Crippen molar-refractivity contribution in [3.05, 3.63) is 48.3 Å². The van der Waals surface area contributed by atoms with Gasteiger partial charge in [-0.25, -0.2) is 30.3 Å². The largest absolute Gasteiger partial charge is 0.492 e. The van der Waals surface area contributed by atoms with E-state index < -0.39 is 31.8 Å². The topological polar surface area (TPSA) is 122 Å². The summed E-state index contributed by atoms with van der Waals surface area (Å²) >= 11 is 0. The molecule has 0 saturated carbocycles. The SMILES string of the molecule is CCOc1ccc(NC(=O)CCNS(=O)(=O)c2ccc(F)cc2)cc1S(=O)(=O)N(C)C. The lowest BCUT2D eigenvalue weighted by molar-refractivity contribution is -0.116. The molecule has 9 nitrogen and oxygen atoms in total. The summed E-state index contributed by atoms with van der Waals surface area (Å²) in [4.78, 5) is 12.0. The van der Waals surface area contributed by atoms with Gasteiger partial charge in [-0.05, 0) is 49.4 Å². The van der Waals surface area contributed by atoms with Gasteiger partial charge in [-0.3, -0.25) is 4.79 Å². The third-order valence-corrected chi connectivity index (χ3v) is 7.37. The molecule has 0 aliphatic carbocycles. The van der Waals surface area contributed by atoms with E-state index >= 15 is 0 Å². The maximum atomic E-state index is 12.9. The van der Waals surface area contributed by atoms with Gasteiger partial charge >= 0.3 is 0 Å². The summed E-state index contributed by atoms with van der Waals surface area (Å²) in [7, 11) is -4.95. The molecule has 0 unspecified atom stereocenters. The molecule has 0 radical (unpaired) electrons. The van der Waals surface area contributed by atoms with Gasteiger partial charge in [-0.1, -0.05) is 0 Å². The normalized spacial score (nSPS) is 12.0. The summed E-state index contributed by atoms with van der Waals surface area (Å²) in [5.74, 6) is -0.940. The molecular formula is C19H24FN3O6S2. The number of hydrogen-bond donors (Lipinski definition) is 2. The molecule has 1 amide bonds. The average Bonchev–Trinajstić information content (AvgIpc) is 2.69. The standard InChI is InChI=1S/C19H24FN3O6S2/c1-4-29-17-10-7-15(13-18(17)31(27,28)23(2)3)22-19(24)11-12-21-30(25,26)16-8-5-14(20)6-9-16/h5-10,13,21H,4,11-12H2,1-3H3,(H,22,24). The van der Waals surface area contributed by atoms with Crippen LogP contribution in [0.2, 0.25) is 0 Å². The van der Waals surface area contributed by atoms with Crippen molar-refractivity contribution in [2.45, 2.75) is 23.1 Å². The van der Waals surface area contributed by atoms with Gasteiger partial charge in [0.05, 0.1) is 11.5 Å². The third-order valence-electron chi connectivity index (χ3n) is 4.05. The highest BCUT2D eigenvalue weighted by molar-refractivity contribution is 7.89. The Hall–Kier alpha value is -2.54. The predicted molar refractivity (Wildman–Crippen MR) is 113 cm³/mol. The lowest BCUT2D eigenvalue weighted by Crippen LogP contribution is -2.28. The Balaban J connectivity index is 2.06. The Morgan fingerprint density at radius 1 is 1.06 bits per heavy atom. The second kappa shape index (κ2) is 10.2. The third kappa shape index (κ3) is 6.47. The van der Waals surface area contributed by atoms with Gasteiger partial charge in [0.1, 0.15) is 16.5 Å². The number of amides is 1. The lowest BCUT2D eigenvalue weighted by Gasteiger charge is -2.16. The van der Waals surface area contributed by atoms with E-state index in [4.69, 9.17) is 4.74 Å². The number of halogens is 1. The van der Waals surface area contributed by atoms with Gasteiger partial charge in [0.15, 0.2) is 0 Å². The molecule has 0 fully saturated rings. The first-order chi connectivity index (χ1) is 14.5. The number of benzene rings is 2. The van der Waals surface area contributed by atoms with Crippen LogP contribution in [0.25, 0.3) is 0 Å². The van der Waals surface area contributed by atoms with Crippen molar-refractivity contribution in [3.63, 3.8) is 0 Å². The summed E-state index contributed by atoms with van der Waals surface area (Å²) in [6.45, 7) is 1.77. The Bertz CT molecular complexity index is 1130. The van der Waals surface area contributed by atoms with Crippen molar-refractivity contribution in [2.75, 3.05) is 32.6 Å². The van der Waals surface area contributed by atoms with Crippen LogP contribution in [0.15, 0.2) is 52.3 Å². The minimum absolute atomic E-state index is 0.103. The monoisotopic (exact) mass is 473 g/mol. The van der Waals surface area contributed by atoms with Gasteiger partial charge in [0.2, 0.25) is 26.0 Å². The van der Waals surface area contributed by atoms with Crippen LogP contribution in [0.1, 0.15) is 13.3 Å². The van der Waals surface area contributed by atoms with Gasteiger partial charge in [-0.15, -0.1) is 0 Å². The average molecular weight is 474 g/mol. The van der Waals surface area contributed by atoms with Crippen LogP contribution in [-0.2, 0) is 24.8 Å². The molecule has 31 heavy (non-hydrogen) atoms. The van der Waals surface area contributed by atoms with E-state index in [1.165, 1.54) is 32.3 Å². The molecule has 0 aromatic heterocycles. The number of sulfonamides is 2. The van der Waals surface area contributed by atoms with E-state index in [9.17, 15) is 26.0 Å². The van der Waals surface area contributed by atoms with Crippen LogP contribution in [0, 0.1) is 5.82 Å². The van der Waals surface area contributed by atoms with Crippen molar-refractivity contribution in [1.29, 1.82) is 0 Å². The number of nitrogens with zero attached hydrogens (tertiary/aromatic N) is 1. The Morgan fingerprint density at radius 3 is 2.29 bits per heavy atom. The summed E-state index contributed by atoms with van der Waals surface area (Å²) in [5.41, 5.74) is 0.218. The van der Waals surface area contributed by atoms with Crippen LogP contribution in [-0.4, -0.2) is 54.3 Å². The summed E-state index contributed by atoms with van der Waals surface area (Å²) in [6.07, 6.45) is -0.205. The first-order valence-electron chi connectivity index (χ1n) is 9.22. The molecule has 0 spiro atoms. The van der Waals surface area contributed by atoms with E-state index in [0.717, 1.165) is 28.6 Å². The van der Waals surface area contributed by atoms with Crippen LogP contribution in [0.4, 0.5) is 10.1 Å². The van der Waals surface area contributed by atoms with E-state index in [1.54, 1.807) is 6.92 Å². The number of carbonyl (C=O) groups excluding carboxylic acids is 1. The van der Waals surface area contributed by atoms with E-state index in [0.29, 0.717) is 0 Å². The van der Waals surface area contributed by atoms with Crippen molar-refractivity contribution in [2.24, 2.45) is 0 Å². The highest BCUT2D eigenvalue weighted by Gasteiger charge is 2.23. The molecular weight excluding hydrogens is 449 g/mol. The highest BCUT2D eigenvalue weighted by Crippen LogP contribution is 2.29. The smallest absolute Gasteiger partial charge is 0.246 e. The number of anilines is 1. The maximum Gasteiger partial charge on any atom is 0.246 e. The van der Waals surface area contributed by atoms with Crippen LogP contribution in [0.3, 0.4) is 0 Å². The zero-order valence-corrected chi connectivity index (χ0v) is 18.9. The summed E-state index contributed by atoms with van der Waals surface area (Å²) < 4.78 is 71.0. The molecule has 2 N–H and O–H groups in total. The predicted octanol–water partition coefficient (Wildman–Crippen LogP) is 1.78. The fourth-order valence-electron chi connectivity index (χ4n) is 2.48. The van der Waals surface area contributed by atoms with Crippen LogP contribution < -0.4 is 14.8 Å². The molecule has 0 aliphatic rings. The first kappa shape index (κ1) is 24.7. The number of hydrogen-bond acceptors (Lipinski definition) is 6. The molecule has 12 heteroatoms.